The summed E-state index contributed by atoms with van der Waals surface area (Å²) < 4.78 is 89.9. The summed E-state index contributed by atoms with van der Waals surface area (Å²) in [5.41, 5.74) is 0.293. The Morgan fingerprint density at radius 2 is 1.22 bits per heavy atom. The molecule has 0 unspecified atom stereocenters. The maximum Gasteiger partial charge on any atom is 0.205 e. The monoisotopic (exact) mass is 368 g/mol. The second kappa shape index (κ2) is 6.29. The predicted octanol–water partition coefficient (Wildman–Crippen LogP) is 4.48. The first-order chi connectivity index (χ1) is 10.6. The average Bonchev–Trinajstić information content (AvgIpc) is 2.50. The molecule has 0 saturated heterocycles. The molecule has 9 heteroatoms. The summed E-state index contributed by atoms with van der Waals surface area (Å²) in [6.07, 6.45) is 0.934. The van der Waals surface area contributed by atoms with Crippen LogP contribution in [0.5, 0.6) is 0 Å². The van der Waals surface area contributed by atoms with E-state index in [2.05, 4.69) is 0 Å². The van der Waals surface area contributed by atoms with E-state index in [1.165, 1.54) is 24.3 Å². The van der Waals surface area contributed by atoms with Crippen molar-refractivity contribution in [2.45, 2.75) is 4.90 Å². The lowest BCUT2D eigenvalue weighted by Gasteiger charge is -2.06. The summed E-state index contributed by atoms with van der Waals surface area (Å²) in [4.78, 5) is -1.90. The molecular formula is C14H6ClF5O2S. The Morgan fingerprint density at radius 1 is 0.783 bits per heavy atom. The van der Waals surface area contributed by atoms with Crippen LogP contribution in [0.25, 0.3) is 6.08 Å². The Kier molecular flexibility index (Phi) is 4.76. The SMILES string of the molecule is O=S(=O)(/C=C/c1ccc(Cl)cc1)c1c(F)c(F)c(F)c(F)c1F. The first-order valence-corrected chi connectivity index (χ1v) is 7.77. The fourth-order valence-corrected chi connectivity index (χ4v) is 2.92. The molecule has 0 atom stereocenters. The van der Waals surface area contributed by atoms with Gasteiger partial charge in [0, 0.05) is 10.4 Å². The maximum atomic E-state index is 13.5. The molecule has 0 N–H and O–H groups in total. The van der Waals surface area contributed by atoms with Crippen molar-refractivity contribution in [2.24, 2.45) is 0 Å². The van der Waals surface area contributed by atoms with Gasteiger partial charge in [-0.05, 0) is 23.8 Å². The van der Waals surface area contributed by atoms with E-state index in [4.69, 9.17) is 11.6 Å². The van der Waals surface area contributed by atoms with Gasteiger partial charge in [-0.3, -0.25) is 0 Å². The summed E-state index contributed by atoms with van der Waals surface area (Å²) >= 11 is 5.63. The highest BCUT2D eigenvalue weighted by Gasteiger charge is 2.32. The van der Waals surface area contributed by atoms with Gasteiger partial charge in [-0.1, -0.05) is 23.7 Å². The van der Waals surface area contributed by atoms with Crippen molar-refractivity contribution >= 4 is 27.5 Å². The Morgan fingerprint density at radius 3 is 1.70 bits per heavy atom. The number of hydrogen-bond acceptors (Lipinski definition) is 2. The zero-order chi connectivity index (χ0) is 17.4. The largest absolute Gasteiger partial charge is 0.219 e. The van der Waals surface area contributed by atoms with Gasteiger partial charge in [-0.15, -0.1) is 0 Å². The molecule has 2 rings (SSSR count). The molecule has 0 heterocycles. The van der Waals surface area contributed by atoms with Crippen LogP contribution in [0.15, 0.2) is 34.6 Å². The average molecular weight is 369 g/mol. The van der Waals surface area contributed by atoms with Crippen LogP contribution >= 0.6 is 11.6 Å². The van der Waals surface area contributed by atoms with Crippen LogP contribution in [0.2, 0.25) is 5.02 Å². The molecule has 2 aromatic rings. The fraction of sp³-hybridized carbons (Fsp3) is 0. The summed E-state index contributed by atoms with van der Waals surface area (Å²) in [7, 11) is -4.90. The fourth-order valence-electron chi connectivity index (χ4n) is 1.64. The quantitative estimate of drug-likeness (QED) is 0.346. The molecule has 23 heavy (non-hydrogen) atoms. The zero-order valence-corrected chi connectivity index (χ0v) is 12.5. The van der Waals surface area contributed by atoms with Crippen LogP contribution in [0.3, 0.4) is 0 Å². The predicted molar refractivity (Wildman–Crippen MR) is 73.9 cm³/mol. The highest BCUT2D eigenvalue weighted by molar-refractivity contribution is 7.94. The number of benzene rings is 2. The first-order valence-electron chi connectivity index (χ1n) is 5.85. The highest BCUT2D eigenvalue weighted by atomic mass is 35.5. The van der Waals surface area contributed by atoms with Crippen LogP contribution in [-0.4, -0.2) is 8.42 Å². The van der Waals surface area contributed by atoms with Crippen molar-refractivity contribution in [1.82, 2.24) is 0 Å². The lowest BCUT2D eigenvalue weighted by atomic mass is 10.2. The molecule has 2 aromatic carbocycles. The van der Waals surface area contributed by atoms with Crippen molar-refractivity contribution in [2.75, 3.05) is 0 Å². The Hall–Kier alpha value is -1.93. The Balaban J connectivity index is 2.55. The van der Waals surface area contributed by atoms with E-state index in [9.17, 15) is 30.4 Å². The summed E-state index contributed by atoms with van der Waals surface area (Å²) in [6, 6.07) is 5.64. The van der Waals surface area contributed by atoms with Gasteiger partial charge in [0.25, 0.3) is 0 Å². The van der Waals surface area contributed by atoms with Crippen LogP contribution in [0.1, 0.15) is 5.56 Å². The van der Waals surface area contributed by atoms with Gasteiger partial charge in [-0.2, -0.15) is 0 Å². The minimum absolute atomic E-state index is 0.293. The molecule has 0 spiro atoms. The van der Waals surface area contributed by atoms with Gasteiger partial charge in [0.05, 0.1) is 0 Å². The van der Waals surface area contributed by atoms with Gasteiger partial charge in [0.15, 0.2) is 23.3 Å². The first kappa shape index (κ1) is 17.4. The summed E-state index contributed by atoms with van der Waals surface area (Å²) in [5, 5.41) is 0.707. The topological polar surface area (TPSA) is 34.1 Å². The van der Waals surface area contributed by atoms with Crippen molar-refractivity contribution in [1.29, 1.82) is 0 Å². The van der Waals surface area contributed by atoms with Crippen molar-refractivity contribution in [3.05, 3.63) is 69.3 Å². The third kappa shape index (κ3) is 3.37. The molecule has 0 saturated carbocycles. The third-order valence-electron chi connectivity index (χ3n) is 2.76. The smallest absolute Gasteiger partial charge is 0.205 e. The van der Waals surface area contributed by atoms with E-state index in [0.717, 1.165) is 6.08 Å². The van der Waals surface area contributed by atoms with Gasteiger partial charge in [0.1, 0.15) is 4.90 Å². The van der Waals surface area contributed by atoms with E-state index < -0.39 is 43.8 Å². The normalized spacial score (nSPS) is 12.1. The molecule has 0 fully saturated rings. The van der Waals surface area contributed by atoms with Gasteiger partial charge >= 0.3 is 0 Å². The van der Waals surface area contributed by atoms with Crippen LogP contribution in [-0.2, 0) is 9.84 Å². The summed E-state index contributed by atoms with van der Waals surface area (Å²) in [5.74, 6) is -11.9. The van der Waals surface area contributed by atoms with Crippen LogP contribution in [0, 0.1) is 29.1 Å². The summed E-state index contributed by atoms with van der Waals surface area (Å²) in [6.45, 7) is 0. The minimum atomic E-state index is -4.90. The second-order valence-electron chi connectivity index (χ2n) is 4.30. The Bertz CT molecular complexity index is 863. The van der Waals surface area contributed by atoms with E-state index in [0.29, 0.717) is 16.0 Å². The molecule has 0 radical (unpaired) electrons. The van der Waals surface area contributed by atoms with Gasteiger partial charge < -0.3 is 0 Å². The molecule has 0 aliphatic rings. The maximum absolute atomic E-state index is 13.5. The third-order valence-corrected chi connectivity index (χ3v) is 4.44. The zero-order valence-electron chi connectivity index (χ0n) is 11.0. The number of rotatable bonds is 3. The molecule has 0 bridgehead atoms. The van der Waals surface area contributed by atoms with Gasteiger partial charge in [-0.25, -0.2) is 30.4 Å². The van der Waals surface area contributed by atoms with Crippen LogP contribution < -0.4 is 0 Å². The standard InChI is InChI=1S/C14H6ClF5O2S/c15-8-3-1-7(2-4-8)5-6-23(21,22)14-12(19)10(17)9(16)11(18)13(14)20/h1-6H/b6-5+. The van der Waals surface area contributed by atoms with E-state index in [1.807, 2.05) is 0 Å². The van der Waals surface area contributed by atoms with Crippen molar-refractivity contribution in [3.63, 3.8) is 0 Å². The molecule has 0 aliphatic carbocycles. The highest BCUT2D eigenvalue weighted by Crippen LogP contribution is 2.28. The molecule has 122 valence electrons. The van der Waals surface area contributed by atoms with Crippen molar-refractivity contribution < 1.29 is 30.4 Å². The van der Waals surface area contributed by atoms with E-state index in [-0.39, 0.29) is 0 Å². The second-order valence-corrected chi connectivity index (χ2v) is 6.51. The number of halogens is 6. The number of sulfone groups is 1. The molecule has 0 aliphatic heterocycles. The molecule has 0 aromatic heterocycles. The molecule has 2 nitrogen and oxygen atoms in total. The number of hydrogen-bond donors (Lipinski definition) is 0. The van der Waals surface area contributed by atoms with E-state index >= 15 is 0 Å². The Labute approximate surface area is 132 Å². The van der Waals surface area contributed by atoms with Crippen molar-refractivity contribution in [3.8, 4) is 0 Å². The molecule has 0 amide bonds. The minimum Gasteiger partial charge on any atom is -0.219 e. The van der Waals surface area contributed by atoms with Gasteiger partial charge in [0.2, 0.25) is 15.7 Å². The lowest BCUT2D eigenvalue weighted by Crippen LogP contribution is -2.11. The van der Waals surface area contributed by atoms with Crippen LogP contribution in [0.4, 0.5) is 22.0 Å². The molecular weight excluding hydrogens is 363 g/mol. The lowest BCUT2D eigenvalue weighted by molar-refractivity contribution is 0.358. The van der Waals surface area contributed by atoms with E-state index in [1.54, 1.807) is 0 Å².